The molecule has 4 nitrogen and oxygen atoms in total. The highest BCUT2D eigenvalue weighted by Crippen LogP contribution is 2.46. The summed E-state index contributed by atoms with van der Waals surface area (Å²) < 4.78 is 61.4. The molecule has 0 bridgehead atoms. The van der Waals surface area contributed by atoms with Crippen LogP contribution in [0.1, 0.15) is 30.4 Å². The maximum Gasteiger partial charge on any atom is 0.416 e. The minimum absolute atomic E-state index is 0.132. The third-order valence-corrected chi connectivity index (χ3v) is 5.29. The van der Waals surface area contributed by atoms with E-state index < -0.39 is 44.7 Å². The van der Waals surface area contributed by atoms with Gasteiger partial charge in [0.2, 0.25) is 5.91 Å². The first kappa shape index (κ1) is 16.8. The average Bonchev–Trinajstić information content (AvgIpc) is 3.14. The second-order valence-corrected chi connectivity index (χ2v) is 7.88. The van der Waals surface area contributed by atoms with E-state index in [0.717, 1.165) is 12.3 Å². The van der Waals surface area contributed by atoms with Crippen LogP contribution in [-0.2, 0) is 20.8 Å². The maximum absolute atomic E-state index is 12.9. The number of benzene rings is 1. The Morgan fingerprint density at radius 2 is 1.91 bits per heavy atom. The summed E-state index contributed by atoms with van der Waals surface area (Å²) >= 11 is 0. The van der Waals surface area contributed by atoms with Crippen LogP contribution in [0.5, 0.6) is 0 Å². The Hall–Kier alpha value is -1.57. The molecule has 0 radical (unpaired) electrons. The molecule has 0 spiro atoms. The zero-order valence-corrected chi connectivity index (χ0v) is 12.8. The predicted octanol–water partition coefficient (Wildman–Crippen LogP) is 2.11. The van der Waals surface area contributed by atoms with Crippen LogP contribution in [0.3, 0.4) is 0 Å². The highest BCUT2D eigenvalue weighted by Gasteiger charge is 2.45. The van der Waals surface area contributed by atoms with Crippen LogP contribution >= 0.6 is 0 Å². The number of amides is 1. The van der Waals surface area contributed by atoms with Crippen LogP contribution in [0.2, 0.25) is 0 Å². The lowest BCUT2D eigenvalue weighted by Crippen LogP contribution is -2.39. The highest BCUT2D eigenvalue weighted by atomic mass is 32.2. The van der Waals surface area contributed by atoms with E-state index in [1.165, 1.54) is 25.1 Å². The van der Waals surface area contributed by atoms with Crippen molar-refractivity contribution in [3.8, 4) is 0 Å². The molecule has 1 amide bonds. The molecule has 8 heteroatoms. The molecule has 2 rings (SSSR count). The topological polar surface area (TPSA) is 63.2 Å². The Balaban J connectivity index is 2.10. The van der Waals surface area contributed by atoms with E-state index in [2.05, 4.69) is 5.32 Å². The second kappa shape index (κ2) is 5.57. The molecule has 1 aromatic rings. The SMILES string of the molecule is C[C@H](C(=O)N[C@H]1C[C@H]1c1ccccc1C(F)(F)F)S(C)(=O)=O. The number of rotatable bonds is 4. The summed E-state index contributed by atoms with van der Waals surface area (Å²) in [5.41, 5.74) is -0.583. The molecule has 1 aliphatic carbocycles. The van der Waals surface area contributed by atoms with Gasteiger partial charge in [-0.2, -0.15) is 13.2 Å². The number of halogens is 3. The lowest BCUT2D eigenvalue weighted by Gasteiger charge is -2.13. The van der Waals surface area contributed by atoms with E-state index in [-0.39, 0.29) is 5.56 Å². The Morgan fingerprint density at radius 1 is 1.32 bits per heavy atom. The van der Waals surface area contributed by atoms with E-state index in [0.29, 0.717) is 6.42 Å². The number of carbonyl (C=O) groups excluding carboxylic acids is 1. The van der Waals surface area contributed by atoms with Gasteiger partial charge in [-0.15, -0.1) is 0 Å². The Labute approximate surface area is 126 Å². The molecule has 1 aliphatic rings. The molecular formula is C14H16F3NO3S. The molecular weight excluding hydrogens is 319 g/mol. The van der Waals surface area contributed by atoms with Crippen molar-refractivity contribution < 1.29 is 26.4 Å². The van der Waals surface area contributed by atoms with Gasteiger partial charge < -0.3 is 5.32 Å². The molecule has 0 heterocycles. The van der Waals surface area contributed by atoms with Crippen molar-refractivity contribution in [3.63, 3.8) is 0 Å². The van der Waals surface area contributed by atoms with Gasteiger partial charge in [0.15, 0.2) is 9.84 Å². The summed E-state index contributed by atoms with van der Waals surface area (Å²) in [6.07, 6.45) is -3.14. The third kappa shape index (κ3) is 3.60. The lowest BCUT2D eigenvalue weighted by atomic mass is 10.0. The van der Waals surface area contributed by atoms with Gasteiger partial charge >= 0.3 is 6.18 Å². The van der Waals surface area contributed by atoms with Crippen molar-refractivity contribution >= 4 is 15.7 Å². The van der Waals surface area contributed by atoms with Crippen molar-refractivity contribution in [2.45, 2.75) is 36.7 Å². The van der Waals surface area contributed by atoms with Gasteiger partial charge in [-0.1, -0.05) is 18.2 Å². The highest BCUT2D eigenvalue weighted by molar-refractivity contribution is 7.92. The van der Waals surface area contributed by atoms with Crippen LogP contribution < -0.4 is 5.32 Å². The maximum atomic E-state index is 12.9. The fraction of sp³-hybridized carbons (Fsp3) is 0.500. The van der Waals surface area contributed by atoms with Gasteiger partial charge in [-0.3, -0.25) is 4.79 Å². The van der Waals surface area contributed by atoms with E-state index in [1.807, 2.05) is 0 Å². The number of hydrogen-bond donors (Lipinski definition) is 1. The monoisotopic (exact) mass is 335 g/mol. The van der Waals surface area contributed by atoms with E-state index in [9.17, 15) is 26.4 Å². The number of carbonyl (C=O) groups is 1. The Morgan fingerprint density at radius 3 is 2.45 bits per heavy atom. The van der Waals surface area contributed by atoms with Crippen LogP contribution in [0.4, 0.5) is 13.2 Å². The van der Waals surface area contributed by atoms with Gasteiger partial charge in [0.25, 0.3) is 0 Å². The lowest BCUT2D eigenvalue weighted by molar-refractivity contribution is -0.138. The molecule has 0 aliphatic heterocycles. The summed E-state index contributed by atoms with van der Waals surface area (Å²) in [7, 11) is -3.53. The second-order valence-electron chi connectivity index (χ2n) is 5.51. The van der Waals surface area contributed by atoms with E-state index in [1.54, 1.807) is 0 Å². The molecule has 0 unspecified atom stereocenters. The zero-order chi connectivity index (χ0) is 16.7. The van der Waals surface area contributed by atoms with Crippen LogP contribution in [0.15, 0.2) is 24.3 Å². The van der Waals surface area contributed by atoms with Crippen molar-refractivity contribution in [2.75, 3.05) is 6.26 Å². The molecule has 1 aromatic carbocycles. The molecule has 1 fully saturated rings. The number of alkyl halides is 3. The normalized spacial score (nSPS) is 23.0. The molecule has 1 saturated carbocycles. The van der Waals surface area contributed by atoms with Gasteiger partial charge in [-0.05, 0) is 25.0 Å². The number of sulfone groups is 1. The summed E-state index contributed by atoms with van der Waals surface area (Å²) in [5.74, 6) is -1.12. The summed E-state index contributed by atoms with van der Waals surface area (Å²) in [6.45, 7) is 1.26. The Bertz CT molecular complexity index is 685. The van der Waals surface area contributed by atoms with Crippen LogP contribution in [0.25, 0.3) is 0 Å². The molecule has 22 heavy (non-hydrogen) atoms. The molecule has 0 aromatic heterocycles. The van der Waals surface area contributed by atoms with Crippen molar-refractivity contribution in [1.82, 2.24) is 5.32 Å². The first-order valence-electron chi connectivity index (χ1n) is 6.67. The summed E-state index contributed by atoms with van der Waals surface area (Å²) in [5, 5.41) is 1.29. The van der Waals surface area contributed by atoms with Gasteiger partial charge in [0.05, 0.1) is 5.56 Å². The van der Waals surface area contributed by atoms with Crippen molar-refractivity contribution in [1.29, 1.82) is 0 Å². The smallest absolute Gasteiger partial charge is 0.352 e. The average molecular weight is 335 g/mol. The Kier molecular flexibility index (Phi) is 4.25. The van der Waals surface area contributed by atoms with Crippen LogP contribution in [-0.4, -0.2) is 31.9 Å². The molecule has 1 N–H and O–H groups in total. The quantitative estimate of drug-likeness (QED) is 0.917. The fourth-order valence-electron chi connectivity index (χ4n) is 2.27. The predicted molar refractivity (Wildman–Crippen MR) is 75.0 cm³/mol. The van der Waals surface area contributed by atoms with Gasteiger partial charge in [-0.25, -0.2) is 8.42 Å². The minimum atomic E-state index is -4.45. The van der Waals surface area contributed by atoms with E-state index >= 15 is 0 Å². The molecule has 0 saturated heterocycles. The zero-order valence-electron chi connectivity index (χ0n) is 12.0. The first-order valence-corrected chi connectivity index (χ1v) is 8.62. The largest absolute Gasteiger partial charge is 0.416 e. The fourth-order valence-corrected chi connectivity index (χ4v) is 2.73. The van der Waals surface area contributed by atoms with Crippen molar-refractivity contribution in [3.05, 3.63) is 35.4 Å². The van der Waals surface area contributed by atoms with Gasteiger partial charge in [0, 0.05) is 18.2 Å². The van der Waals surface area contributed by atoms with Crippen molar-refractivity contribution in [2.24, 2.45) is 0 Å². The minimum Gasteiger partial charge on any atom is -0.352 e. The first-order chi connectivity index (χ1) is 10.0. The standard InChI is InChI=1S/C14H16F3NO3S/c1-8(22(2,20)21)13(19)18-12-7-10(12)9-5-3-4-6-11(9)14(15,16)17/h3-6,8,10,12H,7H2,1-2H3,(H,18,19)/t8-,10+,12+/m1/s1. The van der Waals surface area contributed by atoms with Crippen LogP contribution in [0, 0.1) is 0 Å². The number of hydrogen-bond acceptors (Lipinski definition) is 3. The summed E-state index contributed by atoms with van der Waals surface area (Å²) in [6, 6.07) is 4.76. The molecule has 122 valence electrons. The molecule has 3 atom stereocenters. The van der Waals surface area contributed by atoms with Gasteiger partial charge in [0.1, 0.15) is 5.25 Å². The van der Waals surface area contributed by atoms with E-state index in [4.69, 9.17) is 0 Å². The third-order valence-electron chi connectivity index (χ3n) is 3.80. The number of nitrogens with one attached hydrogen (secondary N) is 1. The summed E-state index contributed by atoms with van der Waals surface area (Å²) in [4.78, 5) is 11.8.